The third-order valence-electron chi connectivity index (χ3n) is 4.98. The van der Waals surface area contributed by atoms with Gasteiger partial charge in [0.2, 0.25) is 6.79 Å². The van der Waals surface area contributed by atoms with Gasteiger partial charge in [-0.1, -0.05) is 12.1 Å². The number of quaternary nitrogens is 1. The van der Waals surface area contributed by atoms with Gasteiger partial charge in [-0.15, -0.1) is 11.3 Å². The molecule has 138 valence electrons. The summed E-state index contributed by atoms with van der Waals surface area (Å²) >= 11 is 7.33. The van der Waals surface area contributed by atoms with Gasteiger partial charge in [0.25, 0.3) is 0 Å². The van der Waals surface area contributed by atoms with Gasteiger partial charge < -0.3 is 25.0 Å². The van der Waals surface area contributed by atoms with E-state index < -0.39 is 0 Å². The molecule has 1 aromatic carbocycles. The Hall–Kier alpha value is -1.83. The van der Waals surface area contributed by atoms with Crippen LogP contribution in [0.4, 0.5) is 0 Å². The minimum atomic E-state index is 0.301. The van der Waals surface area contributed by atoms with E-state index in [1.54, 1.807) is 4.90 Å². The van der Waals surface area contributed by atoms with Crippen LogP contribution < -0.4 is 25.0 Å². The third kappa shape index (κ3) is 4.11. The number of likely N-dealkylation sites (tertiary alicyclic amines) is 1. The van der Waals surface area contributed by atoms with Gasteiger partial charge >= 0.3 is 0 Å². The van der Waals surface area contributed by atoms with Crippen molar-refractivity contribution in [2.24, 2.45) is 0 Å². The minimum absolute atomic E-state index is 0.301. The first-order valence-electron chi connectivity index (χ1n) is 9.08. The van der Waals surface area contributed by atoms with Crippen LogP contribution in [0.25, 0.3) is 0 Å². The van der Waals surface area contributed by atoms with E-state index in [0.717, 1.165) is 23.6 Å². The van der Waals surface area contributed by atoms with Crippen LogP contribution in [-0.2, 0) is 6.54 Å². The van der Waals surface area contributed by atoms with Crippen LogP contribution in [0, 0.1) is 0 Å². The zero-order valence-corrected chi connectivity index (χ0v) is 16.3. The summed E-state index contributed by atoms with van der Waals surface area (Å²) in [6.45, 7) is 4.34. The van der Waals surface area contributed by atoms with Gasteiger partial charge in [0.1, 0.15) is 6.04 Å². The Kier molecular flexibility index (Phi) is 5.57. The second kappa shape index (κ2) is 8.24. The molecule has 0 bridgehead atoms. The quantitative estimate of drug-likeness (QED) is 0.658. The molecule has 1 aromatic heterocycles. The summed E-state index contributed by atoms with van der Waals surface area (Å²) in [5, 5.41) is 9.58. The number of rotatable bonds is 6. The highest BCUT2D eigenvalue weighted by Gasteiger charge is 2.28. The minimum Gasteiger partial charge on any atom is -0.454 e. The van der Waals surface area contributed by atoms with Crippen molar-refractivity contribution >= 4 is 28.7 Å². The van der Waals surface area contributed by atoms with E-state index in [4.69, 9.17) is 21.7 Å². The number of thiophene rings is 1. The van der Waals surface area contributed by atoms with Crippen molar-refractivity contribution in [2.45, 2.75) is 25.4 Å². The highest BCUT2D eigenvalue weighted by molar-refractivity contribution is 7.80. The SMILES string of the molecule is S=C(NCc1ccc2c(c1)OCO2)NC[C@H](c1cccs1)[NH+]1CCCC1. The zero-order valence-electron chi connectivity index (χ0n) is 14.6. The fraction of sp³-hybridized carbons (Fsp3) is 0.421. The maximum Gasteiger partial charge on any atom is 0.231 e. The van der Waals surface area contributed by atoms with E-state index in [-0.39, 0.29) is 0 Å². The summed E-state index contributed by atoms with van der Waals surface area (Å²) in [6.07, 6.45) is 2.65. The Bertz CT molecular complexity index is 745. The molecular weight excluding hydrogens is 366 g/mol. The smallest absolute Gasteiger partial charge is 0.231 e. The molecule has 2 aromatic rings. The average Bonchev–Trinajstić information content (AvgIpc) is 3.41. The van der Waals surface area contributed by atoms with Crippen LogP contribution >= 0.6 is 23.6 Å². The molecule has 0 unspecified atom stereocenters. The summed E-state index contributed by atoms with van der Waals surface area (Å²) in [5.74, 6) is 1.61. The van der Waals surface area contributed by atoms with Gasteiger partial charge in [0.05, 0.1) is 24.5 Å². The van der Waals surface area contributed by atoms with E-state index in [2.05, 4.69) is 28.1 Å². The Balaban J connectivity index is 1.29. The molecule has 0 spiro atoms. The van der Waals surface area contributed by atoms with Crippen LogP contribution in [0.3, 0.4) is 0 Å². The number of nitrogens with one attached hydrogen (secondary N) is 3. The fourth-order valence-electron chi connectivity index (χ4n) is 3.60. The molecule has 3 N–H and O–H groups in total. The maximum atomic E-state index is 5.49. The van der Waals surface area contributed by atoms with Crippen molar-refractivity contribution in [3.05, 3.63) is 46.2 Å². The number of hydrogen-bond acceptors (Lipinski definition) is 4. The Morgan fingerprint density at radius 3 is 2.81 bits per heavy atom. The van der Waals surface area contributed by atoms with Crippen molar-refractivity contribution in [1.82, 2.24) is 10.6 Å². The molecule has 0 aliphatic carbocycles. The van der Waals surface area contributed by atoms with Crippen molar-refractivity contribution in [2.75, 3.05) is 26.4 Å². The van der Waals surface area contributed by atoms with E-state index in [1.165, 1.54) is 30.8 Å². The molecule has 0 amide bonds. The van der Waals surface area contributed by atoms with Crippen LogP contribution in [0.2, 0.25) is 0 Å². The summed E-state index contributed by atoms with van der Waals surface area (Å²) < 4.78 is 10.8. The van der Waals surface area contributed by atoms with Crippen molar-refractivity contribution in [3.63, 3.8) is 0 Å². The number of hydrogen-bond donors (Lipinski definition) is 3. The van der Waals surface area contributed by atoms with E-state index >= 15 is 0 Å². The van der Waals surface area contributed by atoms with Crippen molar-refractivity contribution < 1.29 is 14.4 Å². The Morgan fingerprint density at radius 2 is 2.00 bits per heavy atom. The van der Waals surface area contributed by atoms with Crippen LogP contribution in [0.5, 0.6) is 11.5 Å². The molecule has 4 rings (SSSR count). The normalized spacial score (nSPS) is 17.2. The number of ether oxygens (including phenoxy) is 2. The highest BCUT2D eigenvalue weighted by Crippen LogP contribution is 2.32. The van der Waals surface area contributed by atoms with Gasteiger partial charge in [0, 0.05) is 19.4 Å². The van der Waals surface area contributed by atoms with E-state index in [0.29, 0.717) is 24.5 Å². The van der Waals surface area contributed by atoms with Gasteiger partial charge in [0.15, 0.2) is 16.6 Å². The maximum absolute atomic E-state index is 5.49. The van der Waals surface area contributed by atoms with Gasteiger partial charge in [-0.3, -0.25) is 0 Å². The first-order chi connectivity index (χ1) is 12.8. The lowest BCUT2D eigenvalue weighted by Crippen LogP contribution is -3.11. The fourth-order valence-corrected chi connectivity index (χ4v) is 4.64. The second-order valence-corrected chi connectivity index (χ2v) is 8.07. The zero-order chi connectivity index (χ0) is 17.8. The first kappa shape index (κ1) is 17.6. The van der Waals surface area contributed by atoms with E-state index in [1.807, 2.05) is 29.5 Å². The second-order valence-electron chi connectivity index (χ2n) is 6.68. The molecule has 0 saturated carbocycles. The molecule has 1 fully saturated rings. The molecule has 5 nitrogen and oxygen atoms in total. The Morgan fingerprint density at radius 1 is 1.15 bits per heavy atom. The first-order valence-corrected chi connectivity index (χ1v) is 10.4. The van der Waals surface area contributed by atoms with Crippen LogP contribution in [0.15, 0.2) is 35.7 Å². The third-order valence-corrected chi connectivity index (χ3v) is 6.26. The summed E-state index contributed by atoms with van der Waals surface area (Å²) in [6, 6.07) is 10.8. The largest absolute Gasteiger partial charge is 0.454 e. The van der Waals surface area contributed by atoms with Crippen LogP contribution in [0.1, 0.15) is 29.3 Å². The lowest BCUT2D eigenvalue weighted by Gasteiger charge is -2.24. The molecule has 7 heteroatoms. The average molecular weight is 391 g/mol. The summed E-state index contributed by atoms with van der Waals surface area (Å²) in [4.78, 5) is 3.10. The molecule has 1 atom stereocenters. The highest BCUT2D eigenvalue weighted by atomic mass is 32.1. The molecule has 2 aliphatic rings. The molecule has 26 heavy (non-hydrogen) atoms. The lowest BCUT2D eigenvalue weighted by atomic mass is 10.2. The monoisotopic (exact) mass is 390 g/mol. The molecular formula is C19H24N3O2S2+. The number of benzene rings is 1. The topological polar surface area (TPSA) is 47.0 Å². The molecule has 2 aliphatic heterocycles. The molecule has 1 saturated heterocycles. The number of fused-ring (bicyclic) bond motifs is 1. The van der Waals surface area contributed by atoms with Crippen molar-refractivity contribution in [3.8, 4) is 11.5 Å². The molecule has 3 heterocycles. The molecule has 0 radical (unpaired) electrons. The van der Waals surface area contributed by atoms with Gasteiger partial charge in [-0.25, -0.2) is 0 Å². The predicted octanol–water partition coefficient (Wildman–Crippen LogP) is 1.86. The lowest BCUT2D eigenvalue weighted by molar-refractivity contribution is -0.918. The van der Waals surface area contributed by atoms with Gasteiger partial charge in [-0.05, 0) is 41.4 Å². The van der Waals surface area contributed by atoms with E-state index in [9.17, 15) is 0 Å². The standard InChI is InChI=1S/C19H23N3O2S2/c25-19(20-11-14-5-6-16-17(10-14)24-13-23-16)21-12-15(18-4-3-9-26-18)22-7-1-2-8-22/h3-6,9-10,15H,1-2,7-8,11-13H2,(H2,20,21,25)/p+1/t15-/m1/s1. The van der Waals surface area contributed by atoms with Crippen LogP contribution in [-0.4, -0.2) is 31.5 Å². The summed E-state index contributed by atoms with van der Waals surface area (Å²) in [5.41, 5.74) is 1.12. The van der Waals surface area contributed by atoms with Gasteiger partial charge in [-0.2, -0.15) is 0 Å². The number of thiocarbonyl (C=S) groups is 1. The summed E-state index contributed by atoms with van der Waals surface area (Å²) in [7, 11) is 0. The predicted molar refractivity (Wildman–Crippen MR) is 107 cm³/mol. The Labute approximate surface area is 163 Å². The van der Waals surface area contributed by atoms with Crippen molar-refractivity contribution in [1.29, 1.82) is 0 Å².